The molecule has 0 unspecified atom stereocenters. The lowest BCUT2D eigenvalue weighted by molar-refractivity contribution is 0.231. The van der Waals surface area contributed by atoms with Crippen LogP contribution >= 0.6 is 11.3 Å². The summed E-state index contributed by atoms with van der Waals surface area (Å²) in [6, 6.07) is 1.66. The van der Waals surface area contributed by atoms with Crippen LogP contribution in [0.2, 0.25) is 0 Å². The van der Waals surface area contributed by atoms with Gasteiger partial charge in [0.25, 0.3) is 5.56 Å². The Hall–Kier alpha value is -1.24. The van der Waals surface area contributed by atoms with Gasteiger partial charge in [0.1, 0.15) is 0 Å². The Morgan fingerprint density at radius 2 is 2.22 bits per heavy atom. The number of rotatable bonds is 2. The summed E-state index contributed by atoms with van der Waals surface area (Å²) in [5.74, 6) is 0. The molecule has 2 aromatic rings. The molecule has 0 saturated carbocycles. The van der Waals surface area contributed by atoms with Gasteiger partial charge in [-0.25, -0.2) is 4.98 Å². The van der Waals surface area contributed by atoms with Crippen LogP contribution in [0.5, 0.6) is 0 Å². The molecule has 1 aliphatic heterocycles. The van der Waals surface area contributed by atoms with Crippen molar-refractivity contribution in [2.24, 2.45) is 0 Å². The Kier molecular flexibility index (Phi) is 3.15. The van der Waals surface area contributed by atoms with Crippen LogP contribution < -0.4 is 10.9 Å². The highest BCUT2D eigenvalue weighted by Gasteiger charge is 2.12. The molecule has 5 nitrogen and oxygen atoms in total. The predicted octanol–water partition coefficient (Wildman–Crippen LogP) is 0.470. The van der Waals surface area contributed by atoms with Gasteiger partial charge in [0.15, 0.2) is 4.96 Å². The molecule has 6 heteroatoms. The van der Waals surface area contributed by atoms with Crippen LogP contribution in [0.1, 0.15) is 11.4 Å². The first-order chi connectivity index (χ1) is 8.74. The standard InChI is InChI=1S/C12H16N4OS/c1-9-8-18-12-14-10(6-11(17)16(9)12)7-15-4-2-13-3-5-15/h6,8,13H,2-5,7H2,1H3. The molecule has 0 spiro atoms. The van der Waals surface area contributed by atoms with E-state index in [9.17, 15) is 4.79 Å². The van der Waals surface area contributed by atoms with Crippen molar-refractivity contribution >= 4 is 16.3 Å². The summed E-state index contributed by atoms with van der Waals surface area (Å²) in [7, 11) is 0. The lowest BCUT2D eigenvalue weighted by Gasteiger charge is -2.26. The maximum absolute atomic E-state index is 12.0. The molecule has 0 atom stereocenters. The van der Waals surface area contributed by atoms with E-state index in [1.807, 2.05) is 12.3 Å². The number of aromatic nitrogens is 2. The fraction of sp³-hybridized carbons (Fsp3) is 0.500. The molecular formula is C12H16N4OS. The number of thiazole rings is 1. The zero-order chi connectivity index (χ0) is 12.5. The minimum absolute atomic E-state index is 0.0314. The highest BCUT2D eigenvalue weighted by atomic mass is 32.1. The number of aryl methyl sites for hydroxylation is 1. The average molecular weight is 264 g/mol. The SMILES string of the molecule is Cc1csc2nc(CN3CCNCC3)cc(=O)n12. The molecule has 3 heterocycles. The second kappa shape index (κ2) is 4.79. The smallest absolute Gasteiger partial charge is 0.259 e. The number of nitrogens with one attached hydrogen (secondary N) is 1. The Bertz CT molecular complexity index is 612. The van der Waals surface area contributed by atoms with Crippen molar-refractivity contribution in [3.05, 3.63) is 33.2 Å². The number of hydrogen-bond acceptors (Lipinski definition) is 5. The van der Waals surface area contributed by atoms with E-state index in [1.54, 1.807) is 10.5 Å². The Morgan fingerprint density at radius 3 is 3.00 bits per heavy atom. The topological polar surface area (TPSA) is 49.6 Å². The molecule has 0 aliphatic carbocycles. The zero-order valence-electron chi connectivity index (χ0n) is 10.3. The molecule has 0 amide bonds. The summed E-state index contributed by atoms with van der Waals surface area (Å²) < 4.78 is 1.67. The van der Waals surface area contributed by atoms with E-state index in [0.29, 0.717) is 0 Å². The molecule has 1 aliphatic rings. The maximum Gasteiger partial charge on any atom is 0.259 e. The second-order valence-corrected chi connectivity index (χ2v) is 5.44. The van der Waals surface area contributed by atoms with Gasteiger partial charge in [-0.3, -0.25) is 14.1 Å². The van der Waals surface area contributed by atoms with Gasteiger partial charge >= 0.3 is 0 Å². The first kappa shape index (κ1) is 11.8. The van der Waals surface area contributed by atoms with E-state index in [-0.39, 0.29) is 5.56 Å². The number of hydrogen-bond donors (Lipinski definition) is 1. The lowest BCUT2D eigenvalue weighted by atomic mass is 10.3. The molecular weight excluding hydrogens is 248 g/mol. The van der Waals surface area contributed by atoms with E-state index in [2.05, 4.69) is 15.2 Å². The van der Waals surface area contributed by atoms with Crippen LogP contribution in [0.4, 0.5) is 0 Å². The quantitative estimate of drug-likeness (QED) is 0.856. The van der Waals surface area contributed by atoms with Crippen molar-refractivity contribution in [2.75, 3.05) is 26.2 Å². The number of nitrogens with zero attached hydrogens (tertiary/aromatic N) is 3. The first-order valence-corrected chi connectivity index (χ1v) is 7.02. The van der Waals surface area contributed by atoms with E-state index in [1.165, 1.54) is 11.3 Å². The van der Waals surface area contributed by atoms with Crippen LogP contribution in [0.15, 0.2) is 16.2 Å². The van der Waals surface area contributed by atoms with Crippen molar-refractivity contribution in [2.45, 2.75) is 13.5 Å². The van der Waals surface area contributed by atoms with Gasteiger partial charge in [-0.2, -0.15) is 0 Å². The van der Waals surface area contributed by atoms with Gasteiger partial charge in [-0.1, -0.05) is 0 Å². The molecule has 18 heavy (non-hydrogen) atoms. The number of fused-ring (bicyclic) bond motifs is 1. The van der Waals surface area contributed by atoms with Crippen LogP contribution in [0.25, 0.3) is 4.96 Å². The van der Waals surface area contributed by atoms with E-state index in [0.717, 1.165) is 49.1 Å². The summed E-state index contributed by atoms with van der Waals surface area (Å²) in [5.41, 5.74) is 1.87. The van der Waals surface area contributed by atoms with Crippen molar-refractivity contribution in [3.63, 3.8) is 0 Å². The van der Waals surface area contributed by atoms with Gasteiger partial charge < -0.3 is 5.32 Å². The maximum atomic E-state index is 12.0. The molecule has 1 N–H and O–H groups in total. The molecule has 0 aromatic carbocycles. The third-order valence-electron chi connectivity index (χ3n) is 3.22. The largest absolute Gasteiger partial charge is 0.314 e. The minimum atomic E-state index is 0.0314. The summed E-state index contributed by atoms with van der Waals surface area (Å²) >= 11 is 1.53. The summed E-state index contributed by atoms with van der Waals surface area (Å²) in [4.78, 5) is 19.7. The van der Waals surface area contributed by atoms with Gasteiger partial charge in [-0.15, -0.1) is 11.3 Å². The predicted molar refractivity (Wildman–Crippen MR) is 72.2 cm³/mol. The first-order valence-electron chi connectivity index (χ1n) is 6.14. The fourth-order valence-electron chi connectivity index (χ4n) is 2.28. The summed E-state index contributed by atoms with van der Waals surface area (Å²) in [6.45, 7) is 6.76. The van der Waals surface area contributed by atoms with Crippen LogP contribution in [-0.2, 0) is 6.54 Å². The number of piperazine rings is 1. The molecule has 0 bridgehead atoms. The molecule has 3 rings (SSSR count). The Morgan fingerprint density at radius 1 is 1.44 bits per heavy atom. The highest BCUT2D eigenvalue weighted by Crippen LogP contribution is 2.12. The Balaban J connectivity index is 1.90. The van der Waals surface area contributed by atoms with Crippen molar-refractivity contribution in [1.29, 1.82) is 0 Å². The van der Waals surface area contributed by atoms with Crippen molar-refractivity contribution in [3.8, 4) is 0 Å². The molecule has 2 aromatic heterocycles. The zero-order valence-corrected chi connectivity index (χ0v) is 11.2. The Labute approximate surface area is 109 Å². The third kappa shape index (κ3) is 2.19. The van der Waals surface area contributed by atoms with E-state index in [4.69, 9.17) is 0 Å². The molecule has 1 fully saturated rings. The third-order valence-corrected chi connectivity index (χ3v) is 4.17. The molecule has 0 radical (unpaired) electrons. The van der Waals surface area contributed by atoms with Crippen molar-refractivity contribution in [1.82, 2.24) is 19.6 Å². The minimum Gasteiger partial charge on any atom is -0.314 e. The molecule has 1 saturated heterocycles. The normalized spacial score (nSPS) is 17.4. The van der Waals surface area contributed by atoms with Gasteiger partial charge in [0, 0.05) is 49.9 Å². The van der Waals surface area contributed by atoms with E-state index >= 15 is 0 Å². The van der Waals surface area contributed by atoms with Crippen molar-refractivity contribution < 1.29 is 0 Å². The van der Waals surface area contributed by atoms with Crippen LogP contribution in [-0.4, -0.2) is 40.5 Å². The molecule has 96 valence electrons. The average Bonchev–Trinajstić information content (AvgIpc) is 2.72. The summed E-state index contributed by atoms with van der Waals surface area (Å²) in [5, 5.41) is 5.29. The monoisotopic (exact) mass is 264 g/mol. The highest BCUT2D eigenvalue weighted by molar-refractivity contribution is 7.15. The van der Waals surface area contributed by atoms with Crippen LogP contribution in [0, 0.1) is 6.92 Å². The van der Waals surface area contributed by atoms with Gasteiger partial charge in [0.05, 0.1) is 5.69 Å². The van der Waals surface area contributed by atoms with Gasteiger partial charge in [-0.05, 0) is 6.92 Å². The second-order valence-electron chi connectivity index (χ2n) is 4.61. The van der Waals surface area contributed by atoms with E-state index < -0.39 is 0 Å². The van der Waals surface area contributed by atoms with Gasteiger partial charge in [0.2, 0.25) is 0 Å². The summed E-state index contributed by atoms with van der Waals surface area (Å²) in [6.07, 6.45) is 0. The fourth-order valence-corrected chi connectivity index (χ4v) is 3.17. The van der Waals surface area contributed by atoms with Crippen LogP contribution in [0.3, 0.4) is 0 Å². The lowest BCUT2D eigenvalue weighted by Crippen LogP contribution is -2.43.